The van der Waals surface area contributed by atoms with Crippen molar-refractivity contribution < 1.29 is 9.53 Å². The molecule has 0 heterocycles. The summed E-state index contributed by atoms with van der Waals surface area (Å²) in [5.41, 5.74) is 1.28. The molecule has 0 radical (unpaired) electrons. The summed E-state index contributed by atoms with van der Waals surface area (Å²) in [6.07, 6.45) is 0.953. The molecular formula is C11H14O2. The Morgan fingerprint density at radius 3 is 2.69 bits per heavy atom. The molecule has 1 atom stereocenters. The summed E-state index contributed by atoms with van der Waals surface area (Å²) in [6, 6.07) is 10.2. The molecule has 13 heavy (non-hydrogen) atoms. The van der Waals surface area contributed by atoms with Crippen LogP contribution < -0.4 is 0 Å². The average molecular weight is 178 g/mol. The van der Waals surface area contributed by atoms with E-state index in [4.69, 9.17) is 0 Å². The molecule has 2 heteroatoms. The van der Waals surface area contributed by atoms with Crippen molar-refractivity contribution >= 4 is 6.47 Å². The maximum absolute atomic E-state index is 9.94. The highest BCUT2D eigenvalue weighted by atomic mass is 16.5. The van der Waals surface area contributed by atoms with Crippen LogP contribution in [0.1, 0.15) is 12.5 Å². The SMILES string of the molecule is CC(COC=O)Cc1ccccc1. The van der Waals surface area contributed by atoms with E-state index in [-0.39, 0.29) is 0 Å². The van der Waals surface area contributed by atoms with Crippen molar-refractivity contribution in [1.29, 1.82) is 0 Å². The van der Waals surface area contributed by atoms with E-state index in [0.717, 1.165) is 6.42 Å². The van der Waals surface area contributed by atoms with Crippen molar-refractivity contribution in [2.45, 2.75) is 13.3 Å². The van der Waals surface area contributed by atoms with Crippen LogP contribution in [0.25, 0.3) is 0 Å². The summed E-state index contributed by atoms with van der Waals surface area (Å²) in [7, 11) is 0. The van der Waals surface area contributed by atoms with E-state index in [0.29, 0.717) is 19.0 Å². The van der Waals surface area contributed by atoms with Gasteiger partial charge < -0.3 is 4.74 Å². The molecule has 0 N–H and O–H groups in total. The number of carbonyl (C=O) groups excluding carboxylic acids is 1. The lowest BCUT2D eigenvalue weighted by Gasteiger charge is -2.09. The lowest BCUT2D eigenvalue weighted by Crippen LogP contribution is -2.07. The predicted molar refractivity (Wildman–Crippen MR) is 51.3 cm³/mol. The zero-order chi connectivity index (χ0) is 9.52. The van der Waals surface area contributed by atoms with Crippen LogP contribution in [0.3, 0.4) is 0 Å². The lowest BCUT2D eigenvalue weighted by atomic mass is 10.0. The van der Waals surface area contributed by atoms with E-state index in [1.807, 2.05) is 18.2 Å². The molecular weight excluding hydrogens is 164 g/mol. The first-order chi connectivity index (χ1) is 6.33. The average Bonchev–Trinajstić information content (AvgIpc) is 2.16. The molecule has 0 saturated carbocycles. The minimum absolute atomic E-state index is 0.382. The second-order valence-electron chi connectivity index (χ2n) is 3.22. The highest BCUT2D eigenvalue weighted by Crippen LogP contribution is 2.07. The van der Waals surface area contributed by atoms with Gasteiger partial charge in [0, 0.05) is 0 Å². The maximum atomic E-state index is 9.94. The maximum Gasteiger partial charge on any atom is 0.293 e. The third-order valence-corrected chi connectivity index (χ3v) is 1.88. The Morgan fingerprint density at radius 1 is 1.38 bits per heavy atom. The van der Waals surface area contributed by atoms with Gasteiger partial charge in [-0.05, 0) is 17.9 Å². The van der Waals surface area contributed by atoms with E-state index in [1.165, 1.54) is 5.56 Å². The molecule has 0 aliphatic carbocycles. The molecule has 70 valence electrons. The lowest BCUT2D eigenvalue weighted by molar-refractivity contribution is -0.129. The first-order valence-corrected chi connectivity index (χ1v) is 4.42. The Labute approximate surface area is 78.5 Å². The number of hydrogen-bond donors (Lipinski definition) is 0. The minimum Gasteiger partial charge on any atom is -0.468 e. The molecule has 2 nitrogen and oxygen atoms in total. The van der Waals surface area contributed by atoms with Crippen LogP contribution in [0.15, 0.2) is 30.3 Å². The van der Waals surface area contributed by atoms with Gasteiger partial charge in [0.2, 0.25) is 0 Å². The van der Waals surface area contributed by atoms with E-state index in [1.54, 1.807) is 0 Å². The van der Waals surface area contributed by atoms with Gasteiger partial charge in [0.15, 0.2) is 0 Å². The van der Waals surface area contributed by atoms with E-state index in [9.17, 15) is 4.79 Å². The summed E-state index contributed by atoms with van der Waals surface area (Å²) in [5.74, 6) is 0.382. The Bertz CT molecular complexity index is 244. The number of benzene rings is 1. The van der Waals surface area contributed by atoms with Crippen molar-refractivity contribution in [2.75, 3.05) is 6.61 Å². The standard InChI is InChI=1S/C11H14O2/c1-10(8-13-9-12)7-11-5-3-2-4-6-11/h2-6,9-10H,7-8H2,1H3. The van der Waals surface area contributed by atoms with Crippen LogP contribution in [0.4, 0.5) is 0 Å². The van der Waals surface area contributed by atoms with Crippen LogP contribution >= 0.6 is 0 Å². The fraction of sp³-hybridized carbons (Fsp3) is 0.364. The number of rotatable bonds is 5. The van der Waals surface area contributed by atoms with Crippen LogP contribution in [0.2, 0.25) is 0 Å². The third kappa shape index (κ3) is 3.74. The molecule has 1 rings (SSSR count). The van der Waals surface area contributed by atoms with Gasteiger partial charge in [-0.15, -0.1) is 0 Å². The summed E-state index contributed by atoms with van der Waals surface area (Å²) < 4.78 is 4.69. The smallest absolute Gasteiger partial charge is 0.293 e. The topological polar surface area (TPSA) is 26.3 Å². The van der Waals surface area contributed by atoms with Gasteiger partial charge in [0.05, 0.1) is 6.61 Å². The van der Waals surface area contributed by atoms with Gasteiger partial charge >= 0.3 is 0 Å². The van der Waals surface area contributed by atoms with E-state index >= 15 is 0 Å². The highest BCUT2D eigenvalue weighted by Gasteiger charge is 2.02. The molecule has 1 aromatic rings. The first kappa shape index (κ1) is 9.78. The fourth-order valence-corrected chi connectivity index (χ4v) is 1.28. The van der Waals surface area contributed by atoms with Crippen LogP contribution in [-0.4, -0.2) is 13.1 Å². The van der Waals surface area contributed by atoms with Crippen molar-refractivity contribution in [3.05, 3.63) is 35.9 Å². The van der Waals surface area contributed by atoms with Gasteiger partial charge in [-0.3, -0.25) is 4.79 Å². The quantitative estimate of drug-likeness (QED) is 0.645. The molecule has 1 unspecified atom stereocenters. The second-order valence-corrected chi connectivity index (χ2v) is 3.22. The van der Waals surface area contributed by atoms with Gasteiger partial charge in [0.25, 0.3) is 6.47 Å². The summed E-state index contributed by atoms with van der Waals surface area (Å²) in [4.78, 5) is 9.94. The molecule has 0 amide bonds. The Hall–Kier alpha value is -1.31. The summed E-state index contributed by atoms with van der Waals surface area (Å²) in [6.45, 7) is 3.07. The van der Waals surface area contributed by atoms with Crippen LogP contribution in [-0.2, 0) is 16.0 Å². The van der Waals surface area contributed by atoms with Gasteiger partial charge in [0.1, 0.15) is 0 Å². The Morgan fingerprint density at radius 2 is 2.08 bits per heavy atom. The minimum atomic E-state index is 0.382. The molecule has 0 fully saturated rings. The first-order valence-electron chi connectivity index (χ1n) is 4.42. The Balaban J connectivity index is 2.36. The zero-order valence-electron chi connectivity index (χ0n) is 7.77. The molecule has 0 saturated heterocycles. The fourth-order valence-electron chi connectivity index (χ4n) is 1.28. The molecule has 0 aliphatic rings. The molecule has 0 spiro atoms. The highest BCUT2D eigenvalue weighted by molar-refractivity contribution is 5.36. The zero-order valence-corrected chi connectivity index (χ0v) is 7.77. The molecule has 0 bridgehead atoms. The summed E-state index contributed by atoms with van der Waals surface area (Å²) in [5, 5.41) is 0. The van der Waals surface area contributed by atoms with Crippen molar-refractivity contribution in [2.24, 2.45) is 5.92 Å². The van der Waals surface area contributed by atoms with Crippen LogP contribution in [0.5, 0.6) is 0 Å². The number of carbonyl (C=O) groups is 1. The van der Waals surface area contributed by atoms with E-state index in [2.05, 4.69) is 23.8 Å². The van der Waals surface area contributed by atoms with Gasteiger partial charge in [-0.1, -0.05) is 37.3 Å². The molecule has 0 aromatic heterocycles. The van der Waals surface area contributed by atoms with Crippen molar-refractivity contribution in [3.63, 3.8) is 0 Å². The largest absolute Gasteiger partial charge is 0.468 e. The third-order valence-electron chi connectivity index (χ3n) is 1.88. The normalized spacial score (nSPS) is 12.1. The number of hydrogen-bond acceptors (Lipinski definition) is 2. The second kappa shape index (κ2) is 5.36. The van der Waals surface area contributed by atoms with E-state index < -0.39 is 0 Å². The molecule has 0 aliphatic heterocycles. The summed E-state index contributed by atoms with van der Waals surface area (Å²) >= 11 is 0. The Kier molecular flexibility index (Phi) is 4.03. The van der Waals surface area contributed by atoms with Crippen molar-refractivity contribution in [3.8, 4) is 0 Å². The van der Waals surface area contributed by atoms with Crippen molar-refractivity contribution in [1.82, 2.24) is 0 Å². The van der Waals surface area contributed by atoms with Crippen LogP contribution in [0, 0.1) is 5.92 Å². The monoisotopic (exact) mass is 178 g/mol. The van der Waals surface area contributed by atoms with Gasteiger partial charge in [-0.25, -0.2) is 0 Å². The number of ether oxygens (including phenoxy) is 1. The van der Waals surface area contributed by atoms with Gasteiger partial charge in [-0.2, -0.15) is 0 Å². The molecule has 1 aromatic carbocycles. The predicted octanol–water partition coefficient (Wildman–Crippen LogP) is 2.04.